The monoisotopic (exact) mass is 527 g/mol. The van der Waals surface area contributed by atoms with Crippen molar-refractivity contribution in [1.82, 2.24) is 21.3 Å². The van der Waals surface area contributed by atoms with Crippen molar-refractivity contribution in [3.63, 3.8) is 0 Å². The van der Waals surface area contributed by atoms with Crippen LogP contribution in [-0.4, -0.2) is 82.4 Å². The van der Waals surface area contributed by atoms with E-state index in [0.717, 1.165) is 0 Å². The number of carboxylic acid groups (broad SMARTS) is 1. The zero-order valence-electron chi connectivity index (χ0n) is 21.7. The minimum Gasteiger partial charge on any atom is -0.480 e. The summed E-state index contributed by atoms with van der Waals surface area (Å²) in [5.74, 6) is -4.53. The molecule has 1 unspecified atom stereocenters. The highest BCUT2D eigenvalue weighted by Crippen LogP contribution is 2.09. The number of carboxylic acids is 1. The maximum Gasteiger partial charge on any atom is 0.326 e. The summed E-state index contributed by atoms with van der Waals surface area (Å²) in [6.07, 6.45) is 0.353. The van der Waals surface area contributed by atoms with Crippen molar-refractivity contribution in [3.8, 4) is 0 Å². The van der Waals surface area contributed by atoms with E-state index in [1.54, 1.807) is 13.8 Å². The van der Waals surface area contributed by atoms with E-state index < -0.39 is 59.9 Å². The molecule has 0 spiro atoms. The molecule has 13 heteroatoms. The topological polar surface area (TPSA) is 217 Å². The third-order valence-corrected chi connectivity index (χ3v) is 6.10. The van der Waals surface area contributed by atoms with Crippen molar-refractivity contribution in [3.05, 3.63) is 0 Å². The molecule has 210 valence electrons. The average molecular weight is 528 g/mol. The minimum atomic E-state index is -1.44. The van der Waals surface area contributed by atoms with Crippen LogP contribution in [0.25, 0.3) is 0 Å². The Morgan fingerprint density at radius 2 is 1.62 bits per heavy atom. The van der Waals surface area contributed by atoms with E-state index in [9.17, 15) is 39.0 Å². The Hall–Kier alpha value is -3.06. The van der Waals surface area contributed by atoms with Crippen LogP contribution in [0.3, 0.4) is 0 Å². The summed E-state index contributed by atoms with van der Waals surface area (Å²) in [7, 11) is 0. The second-order valence-corrected chi connectivity index (χ2v) is 9.74. The molecule has 0 bridgehead atoms. The van der Waals surface area contributed by atoms with Gasteiger partial charge in [0.25, 0.3) is 0 Å². The predicted molar refractivity (Wildman–Crippen MR) is 133 cm³/mol. The number of nitrogens with one attached hydrogen (secondary N) is 4. The smallest absolute Gasteiger partial charge is 0.326 e. The molecular formula is C24H41N5O8. The van der Waals surface area contributed by atoms with E-state index in [0.29, 0.717) is 25.8 Å². The normalized spacial score (nSPS) is 25.4. The molecule has 0 aromatic rings. The number of carbonyl (C=O) groups excluding carboxylic acids is 5. The predicted octanol–water partition coefficient (Wildman–Crippen LogP) is -1.29. The van der Waals surface area contributed by atoms with Gasteiger partial charge in [0.15, 0.2) is 0 Å². The number of aliphatic hydroxyl groups is 1. The molecule has 37 heavy (non-hydrogen) atoms. The zero-order valence-corrected chi connectivity index (χ0v) is 21.7. The number of nitrogens with two attached hydrogens (primary N) is 1. The maximum atomic E-state index is 13.0. The van der Waals surface area contributed by atoms with Gasteiger partial charge in [0, 0.05) is 25.8 Å². The minimum absolute atomic E-state index is 0.0979. The number of hydrogen-bond donors (Lipinski definition) is 7. The number of rotatable bonds is 5. The third-order valence-electron chi connectivity index (χ3n) is 6.10. The molecule has 0 aromatic carbocycles. The highest BCUT2D eigenvalue weighted by Gasteiger charge is 2.33. The van der Waals surface area contributed by atoms with Crippen LogP contribution in [0.4, 0.5) is 0 Å². The molecule has 0 aromatic heterocycles. The lowest BCUT2D eigenvalue weighted by Crippen LogP contribution is -2.60. The van der Waals surface area contributed by atoms with Gasteiger partial charge < -0.3 is 37.2 Å². The van der Waals surface area contributed by atoms with Crippen LogP contribution in [0.2, 0.25) is 0 Å². The summed E-state index contributed by atoms with van der Waals surface area (Å²) in [6, 6.07) is -4.95. The molecule has 0 aliphatic carbocycles. The van der Waals surface area contributed by atoms with E-state index in [1.165, 1.54) is 6.92 Å². The zero-order chi connectivity index (χ0) is 28.1. The molecule has 1 aliphatic rings. The number of hydrogen-bond acceptors (Lipinski definition) is 8. The van der Waals surface area contributed by atoms with Gasteiger partial charge in [0.05, 0.1) is 12.1 Å². The summed E-state index contributed by atoms with van der Waals surface area (Å²) in [4.78, 5) is 74.3. The fourth-order valence-electron chi connectivity index (χ4n) is 3.78. The summed E-state index contributed by atoms with van der Waals surface area (Å²) in [5, 5.41) is 29.5. The molecular weight excluding hydrogens is 486 g/mol. The van der Waals surface area contributed by atoms with E-state index >= 15 is 0 Å². The molecule has 1 aliphatic heterocycles. The average Bonchev–Trinajstić information content (AvgIpc) is 2.81. The van der Waals surface area contributed by atoms with Gasteiger partial charge in [-0.25, -0.2) is 4.79 Å². The Morgan fingerprint density at radius 1 is 0.946 bits per heavy atom. The van der Waals surface area contributed by atoms with Gasteiger partial charge in [-0.1, -0.05) is 13.8 Å². The standard InChI is InChI=1S/C24H41N5O8/c1-13(2)19(24(36)37)28-22(34)17-11-10-15(31)7-6-9-18(32)26-12-5-4-8-16(25)21(33)29-20(14(3)30)23(35)27-17/h13-14,16-17,19-20,30H,4-12,25H2,1-3H3,(H,26,32)(H,27,35)(H,28,34)(H,29,33)(H,36,37)/t14?,16-,17-,19-,20-/m0/s1. The van der Waals surface area contributed by atoms with Gasteiger partial charge >= 0.3 is 5.97 Å². The van der Waals surface area contributed by atoms with Gasteiger partial charge in [-0.2, -0.15) is 0 Å². The van der Waals surface area contributed by atoms with Crippen molar-refractivity contribution >= 4 is 35.4 Å². The van der Waals surface area contributed by atoms with Crippen LogP contribution in [0.1, 0.15) is 72.1 Å². The molecule has 5 atom stereocenters. The van der Waals surface area contributed by atoms with Crippen LogP contribution in [0, 0.1) is 5.92 Å². The number of Topliss-reactive ketones (excluding diaryl/α,β-unsaturated/α-hetero) is 1. The molecule has 8 N–H and O–H groups in total. The molecule has 13 nitrogen and oxygen atoms in total. The number of aliphatic carboxylic acids is 1. The van der Waals surface area contributed by atoms with Crippen LogP contribution in [0.5, 0.6) is 0 Å². The molecule has 0 saturated carbocycles. The van der Waals surface area contributed by atoms with Gasteiger partial charge in [0.1, 0.15) is 23.9 Å². The van der Waals surface area contributed by atoms with Gasteiger partial charge in [-0.05, 0) is 44.9 Å². The highest BCUT2D eigenvalue weighted by atomic mass is 16.4. The van der Waals surface area contributed by atoms with E-state index in [1.807, 2.05) is 0 Å². The van der Waals surface area contributed by atoms with Crippen LogP contribution < -0.4 is 27.0 Å². The molecule has 4 amide bonds. The van der Waals surface area contributed by atoms with Crippen molar-refractivity contribution in [2.45, 2.75) is 102 Å². The lowest BCUT2D eigenvalue weighted by molar-refractivity contribution is -0.143. The number of amides is 4. The molecule has 1 saturated heterocycles. The first kappa shape index (κ1) is 32.0. The fraction of sp³-hybridized carbons (Fsp3) is 0.750. The van der Waals surface area contributed by atoms with Crippen molar-refractivity contribution in [2.24, 2.45) is 11.7 Å². The first-order chi connectivity index (χ1) is 17.3. The largest absolute Gasteiger partial charge is 0.480 e. The number of ketones is 1. The Labute approximate surface area is 216 Å². The number of carbonyl (C=O) groups is 6. The van der Waals surface area contributed by atoms with Crippen LogP contribution in [-0.2, 0) is 28.8 Å². The molecule has 1 rings (SSSR count). The summed E-state index contributed by atoms with van der Waals surface area (Å²) < 4.78 is 0. The Morgan fingerprint density at radius 3 is 2.22 bits per heavy atom. The highest BCUT2D eigenvalue weighted by molar-refractivity contribution is 5.94. The second kappa shape index (κ2) is 15.9. The van der Waals surface area contributed by atoms with E-state index in [-0.39, 0.29) is 43.8 Å². The Bertz CT molecular complexity index is 832. The second-order valence-electron chi connectivity index (χ2n) is 9.74. The van der Waals surface area contributed by atoms with Gasteiger partial charge in [-0.3, -0.25) is 24.0 Å². The lowest BCUT2D eigenvalue weighted by Gasteiger charge is -2.27. The van der Waals surface area contributed by atoms with Gasteiger partial charge in [0.2, 0.25) is 23.6 Å². The van der Waals surface area contributed by atoms with E-state index in [4.69, 9.17) is 5.73 Å². The lowest BCUT2D eigenvalue weighted by atomic mass is 10.0. The van der Waals surface area contributed by atoms with Crippen molar-refractivity contribution in [2.75, 3.05) is 6.54 Å². The first-order valence-electron chi connectivity index (χ1n) is 12.7. The SMILES string of the molecule is CC(C)[C@H](NC(=O)[C@@H]1CCC(=O)CCCC(=O)NCCCC[C@H](N)C(=O)N[C@@H](C(C)O)C(=O)N1)C(=O)O. The Balaban J connectivity index is 3.13. The molecule has 0 radical (unpaired) electrons. The van der Waals surface area contributed by atoms with Crippen LogP contribution in [0.15, 0.2) is 0 Å². The number of aliphatic hydroxyl groups excluding tert-OH is 1. The van der Waals surface area contributed by atoms with Gasteiger partial charge in [-0.15, -0.1) is 0 Å². The van der Waals surface area contributed by atoms with Crippen LogP contribution >= 0.6 is 0 Å². The van der Waals surface area contributed by atoms with Crippen molar-refractivity contribution < 1.29 is 39.0 Å². The first-order valence-corrected chi connectivity index (χ1v) is 12.7. The molecule has 1 heterocycles. The quantitative estimate of drug-likeness (QED) is 0.226. The van der Waals surface area contributed by atoms with E-state index in [2.05, 4.69) is 21.3 Å². The molecule has 1 fully saturated rings. The third kappa shape index (κ3) is 11.7. The summed E-state index contributed by atoms with van der Waals surface area (Å²) >= 11 is 0. The summed E-state index contributed by atoms with van der Waals surface area (Å²) in [5.41, 5.74) is 5.92. The Kier molecular flexibility index (Phi) is 13.8. The summed E-state index contributed by atoms with van der Waals surface area (Å²) in [6.45, 7) is 4.88. The van der Waals surface area contributed by atoms with Crippen molar-refractivity contribution in [1.29, 1.82) is 0 Å². The fourth-order valence-corrected chi connectivity index (χ4v) is 3.78. The maximum absolute atomic E-state index is 13.0.